The predicted molar refractivity (Wildman–Crippen MR) is 76.5 cm³/mol. The van der Waals surface area contributed by atoms with Gasteiger partial charge >= 0.3 is 12.4 Å². The van der Waals surface area contributed by atoms with E-state index in [1.54, 1.807) is 0 Å². The number of piperazine rings is 1. The quantitative estimate of drug-likeness (QED) is 0.817. The SMILES string of the molecule is Cl.FC(F)(F)C[C@@H](c1ccccc1C(F)(F)F)N1CCNCC1. The van der Waals surface area contributed by atoms with E-state index in [9.17, 15) is 26.3 Å². The van der Waals surface area contributed by atoms with Crippen molar-refractivity contribution >= 4 is 12.4 Å². The highest BCUT2D eigenvalue weighted by Crippen LogP contribution is 2.40. The fourth-order valence-electron chi connectivity index (χ4n) is 2.69. The second kappa shape index (κ2) is 7.72. The lowest BCUT2D eigenvalue weighted by molar-refractivity contribution is -0.153. The molecule has 9 heteroatoms. The molecule has 1 aliphatic heterocycles. The van der Waals surface area contributed by atoms with E-state index in [2.05, 4.69) is 5.32 Å². The van der Waals surface area contributed by atoms with E-state index < -0.39 is 30.4 Å². The summed E-state index contributed by atoms with van der Waals surface area (Å²) in [4.78, 5) is 1.47. The molecule has 1 atom stereocenters. The summed E-state index contributed by atoms with van der Waals surface area (Å²) in [5.41, 5.74) is -1.31. The summed E-state index contributed by atoms with van der Waals surface area (Å²) in [5, 5.41) is 2.98. The summed E-state index contributed by atoms with van der Waals surface area (Å²) in [6.45, 7) is 1.49. The molecule has 1 fully saturated rings. The number of nitrogens with zero attached hydrogens (tertiary/aromatic N) is 1. The molecule has 1 saturated heterocycles. The van der Waals surface area contributed by atoms with Crippen molar-refractivity contribution < 1.29 is 26.3 Å². The van der Waals surface area contributed by atoms with Crippen LogP contribution in [-0.2, 0) is 6.18 Å². The van der Waals surface area contributed by atoms with E-state index in [-0.39, 0.29) is 31.1 Å². The fourth-order valence-corrected chi connectivity index (χ4v) is 2.69. The number of rotatable bonds is 3. The van der Waals surface area contributed by atoms with Crippen LogP contribution in [0.25, 0.3) is 0 Å². The fraction of sp³-hybridized carbons (Fsp3) is 0.571. The molecule has 1 N–H and O–H groups in total. The number of halogens is 7. The molecule has 0 aliphatic carbocycles. The van der Waals surface area contributed by atoms with Crippen LogP contribution in [0.15, 0.2) is 24.3 Å². The first kappa shape index (κ1) is 20.1. The van der Waals surface area contributed by atoms with Gasteiger partial charge in [0.05, 0.1) is 12.0 Å². The van der Waals surface area contributed by atoms with Crippen LogP contribution >= 0.6 is 12.4 Å². The molecule has 132 valence electrons. The largest absolute Gasteiger partial charge is 0.416 e. The maximum absolute atomic E-state index is 13.1. The van der Waals surface area contributed by atoms with E-state index in [1.807, 2.05) is 0 Å². The highest BCUT2D eigenvalue weighted by Gasteiger charge is 2.41. The Labute approximate surface area is 136 Å². The summed E-state index contributed by atoms with van der Waals surface area (Å²) in [6.07, 6.45) is -10.5. The zero-order valence-corrected chi connectivity index (χ0v) is 12.9. The van der Waals surface area contributed by atoms with Crippen LogP contribution in [0.2, 0.25) is 0 Å². The zero-order valence-electron chi connectivity index (χ0n) is 12.0. The van der Waals surface area contributed by atoms with Crippen LogP contribution in [0.3, 0.4) is 0 Å². The lowest BCUT2D eigenvalue weighted by atomic mass is 9.95. The van der Waals surface area contributed by atoms with Gasteiger partial charge in [-0.15, -0.1) is 12.4 Å². The van der Waals surface area contributed by atoms with Crippen LogP contribution in [-0.4, -0.2) is 37.3 Å². The van der Waals surface area contributed by atoms with Crippen molar-refractivity contribution in [3.63, 3.8) is 0 Å². The van der Waals surface area contributed by atoms with E-state index >= 15 is 0 Å². The van der Waals surface area contributed by atoms with Crippen molar-refractivity contribution in [1.29, 1.82) is 0 Å². The second-order valence-corrected chi connectivity index (χ2v) is 5.21. The van der Waals surface area contributed by atoms with Gasteiger partial charge in [-0.05, 0) is 11.6 Å². The van der Waals surface area contributed by atoms with Crippen LogP contribution in [0.5, 0.6) is 0 Å². The van der Waals surface area contributed by atoms with Crippen molar-refractivity contribution in [2.24, 2.45) is 0 Å². The molecule has 23 heavy (non-hydrogen) atoms. The minimum absolute atomic E-state index is 0. The Morgan fingerprint density at radius 2 is 1.57 bits per heavy atom. The Bertz CT molecular complexity index is 497. The van der Waals surface area contributed by atoms with Gasteiger partial charge in [0.1, 0.15) is 0 Å². The number of hydrogen-bond donors (Lipinski definition) is 1. The maximum Gasteiger partial charge on any atom is 0.416 e. The molecule has 0 aromatic heterocycles. The number of alkyl halides is 6. The Hall–Kier alpha value is -0.990. The third-order valence-corrected chi connectivity index (χ3v) is 3.64. The van der Waals surface area contributed by atoms with Gasteiger partial charge in [-0.25, -0.2) is 0 Å². The molecule has 0 spiro atoms. The summed E-state index contributed by atoms with van der Waals surface area (Å²) in [5.74, 6) is 0. The average molecular weight is 363 g/mol. The molecule has 0 unspecified atom stereocenters. The molecule has 2 rings (SSSR count). The van der Waals surface area contributed by atoms with Gasteiger partial charge in [0.2, 0.25) is 0 Å². The highest BCUT2D eigenvalue weighted by atomic mass is 35.5. The van der Waals surface area contributed by atoms with Crippen LogP contribution < -0.4 is 5.32 Å². The van der Waals surface area contributed by atoms with Gasteiger partial charge in [-0.1, -0.05) is 18.2 Å². The van der Waals surface area contributed by atoms with Crippen molar-refractivity contribution in [3.05, 3.63) is 35.4 Å². The Balaban J connectivity index is 0.00000264. The van der Waals surface area contributed by atoms with E-state index in [0.29, 0.717) is 13.1 Å². The van der Waals surface area contributed by atoms with Crippen molar-refractivity contribution in [1.82, 2.24) is 10.2 Å². The van der Waals surface area contributed by atoms with Gasteiger partial charge in [0, 0.05) is 32.2 Å². The van der Waals surface area contributed by atoms with E-state index in [1.165, 1.54) is 17.0 Å². The number of nitrogens with one attached hydrogen (secondary N) is 1. The standard InChI is InChI=1S/C14H16F6N2.ClH/c15-13(16,17)9-12(22-7-5-21-6-8-22)10-3-1-2-4-11(10)14(18,19)20;/h1-4,12,21H,5-9H2;1H/t12-;/m0./s1. The van der Waals surface area contributed by atoms with Gasteiger partial charge < -0.3 is 5.32 Å². The number of hydrogen-bond acceptors (Lipinski definition) is 2. The summed E-state index contributed by atoms with van der Waals surface area (Å²) < 4.78 is 77.8. The van der Waals surface area contributed by atoms with Crippen molar-refractivity contribution in [2.45, 2.75) is 24.8 Å². The van der Waals surface area contributed by atoms with Crippen molar-refractivity contribution in [3.8, 4) is 0 Å². The first-order valence-corrected chi connectivity index (χ1v) is 6.86. The second-order valence-electron chi connectivity index (χ2n) is 5.21. The van der Waals surface area contributed by atoms with E-state index in [4.69, 9.17) is 0 Å². The molecule has 0 amide bonds. The molecule has 2 nitrogen and oxygen atoms in total. The normalized spacial score (nSPS) is 18.3. The first-order chi connectivity index (χ1) is 10.2. The van der Waals surface area contributed by atoms with Crippen LogP contribution in [0, 0.1) is 0 Å². The zero-order chi connectivity index (χ0) is 16.4. The smallest absolute Gasteiger partial charge is 0.314 e. The summed E-state index contributed by atoms with van der Waals surface area (Å²) in [7, 11) is 0. The number of benzene rings is 1. The molecule has 0 saturated carbocycles. The topological polar surface area (TPSA) is 15.3 Å². The molecule has 1 aromatic rings. The minimum atomic E-state index is -4.67. The third kappa shape index (κ3) is 5.54. The molecule has 1 aliphatic rings. The van der Waals surface area contributed by atoms with Crippen molar-refractivity contribution in [2.75, 3.05) is 26.2 Å². The first-order valence-electron chi connectivity index (χ1n) is 6.86. The summed E-state index contributed by atoms with van der Waals surface area (Å²) >= 11 is 0. The Kier molecular flexibility index (Phi) is 6.73. The average Bonchev–Trinajstić information content (AvgIpc) is 2.44. The Morgan fingerprint density at radius 3 is 2.09 bits per heavy atom. The molecule has 1 aromatic carbocycles. The maximum atomic E-state index is 13.1. The van der Waals surface area contributed by atoms with Gasteiger partial charge in [-0.2, -0.15) is 26.3 Å². The highest BCUT2D eigenvalue weighted by molar-refractivity contribution is 5.85. The molecule has 1 heterocycles. The monoisotopic (exact) mass is 362 g/mol. The third-order valence-electron chi connectivity index (χ3n) is 3.64. The van der Waals surface area contributed by atoms with Gasteiger partial charge in [0.25, 0.3) is 0 Å². The molecule has 0 bridgehead atoms. The van der Waals surface area contributed by atoms with Crippen LogP contribution in [0.1, 0.15) is 23.6 Å². The summed E-state index contributed by atoms with van der Waals surface area (Å²) in [6, 6.07) is 3.19. The van der Waals surface area contributed by atoms with Gasteiger partial charge in [0.15, 0.2) is 0 Å². The van der Waals surface area contributed by atoms with Crippen LogP contribution in [0.4, 0.5) is 26.3 Å². The lowest BCUT2D eigenvalue weighted by Gasteiger charge is -2.36. The Morgan fingerprint density at radius 1 is 1.00 bits per heavy atom. The molecular formula is C14H17ClF6N2. The minimum Gasteiger partial charge on any atom is -0.314 e. The lowest BCUT2D eigenvalue weighted by Crippen LogP contribution is -2.46. The van der Waals surface area contributed by atoms with E-state index in [0.717, 1.165) is 12.1 Å². The molecule has 0 radical (unpaired) electrons. The van der Waals surface area contributed by atoms with Gasteiger partial charge in [-0.3, -0.25) is 4.90 Å². The molecular weight excluding hydrogens is 346 g/mol. The predicted octanol–water partition coefficient (Wildman–Crippen LogP) is 4.03.